The maximum absolute atomic E-state index is 12.0. The van der Waals surface area contributed by atoms with E-state index in [1.165, 1.54) is 5.56 Å². The SMILES string of the molecule is O=C(CCCc1ccccc1)Nc1ccc2c(c1)CC(=O)N2. The van der Waals surface area contributed by atoms with Gasteiger partial charge in [0.1, 0.15) is 0 Å². The van der Waals surface area contributed by atoms with E-state index in [1.807, 2.05) is 36.4 Å². The van der Waals surface area contributed by atoms with E-state index in [4.69, 9.17) is 0 Å². The number of carbonyl (C=O) groups is 2. The third kappa shape index (κ3) is 3.52. The van der Waals surface area contributed by atoms with E-state index < -0.39 is 0 Å². The lowest BCUT2D eigenvalue weighted by atomic mass is 10.1. The molecule has 0 fully saturated rings. The number of hydrogen-bond acceptors (Lipinski definition) is 2. The van der Waals surface area contributed by atoms with Crippen LogP contribution in [0.4, 0.5) is 11.4 Å². The predicted octanol–water partition coefficient (Wildman–Crippen LogP) is 3.14. The van der Waals surface area contributed by atoms with Crippen molar-refractivity contribution in [3.63, 3.8) is 0 Å². The van der Waals surface area contributed by atoms with E-state index in [2.05, 4.69) is 22.8 Å². The number of benzene rings is 2. The lowest BCUT2D eigenvalue weighted by Crippen LogP contribution is -2.11. The Kier molecular flexibility index (Phi) is 4.19. The fourth-order valence-electron chi connectivity index (χ4n) is 2.63. The highest BCUT2D eigenvalue weighted by atomic mass is 16.2. The fraction of sp³-hybridized carbons (Fsp3) is 0.222. The predicted molar refractivity (Wildman–Crippen MR) is 86.8 cm³/mol. The van der Waals surface area contributed by atoms with E-state index in [0.717, 1.165) is 29.8 Å². The molecule has 2 N–H and O–H groups in total. The number of carbonyl (C=O) groups excluding carboxylic acids is 2. The summed E-state index contributed by atoms with van der Waals surface area (Å²) >= 11 is 0. The summed E-state index contributed by atoms with van der Waals surface area (Å²) in [5.74, 6) is 0.00880. The Morgan fingerprint density at radius 3 is 2.77 bits per heavy atom. The van der Waals surface area contributed by atoms with Crippen LogP contribution in [0.2, 0.25) is 0 Å². The van der Waals surface area contributed by atoms with Gasteiger partial charge in [0.25, 0.3) is 0 Å². The van der Waals surface area contributed by atoms with Gasteiger partial charge in [0.2, 0.25) is 11.8 Å². The largest absolute Gasteiger partial charge is 0.326 e. The molecule has 1 aliphatic heterocycles. The molecule has 2 aromatic rings. The van der Waals surface area contributed by atoms with Crippen molar-refractivity contribution in [2.75, 3.05) is 10.6 Å². The van der Waals surface area contributed by atoms with Gasteiger partial charge in [-0.25, -0.2) is 0 Å². The van der Waals surface area contributed by atoms with Crippen LogP contribution in [0.1, 0.15) is 24.0 Å². The standard InChI is InChI=1S/C18H18N2O2/c21-17(8-4-7-13-5-2-1-3-6-13)19-15-9-10-16-14(11-15)12-18(22)20-16/h1-3,5-6,9-11H,4,7-8,12H2,(H,19,21)(H,20,22). The van der Waals surface area contributed by atoms with E-state index in [-0.39, 0.29) is 11.8 Å². The molecule has 0 atom stereocenters. The number of nitrogens with one attached hydrogen (secondary N) is 2. The summed E-state index contributed by atoms with van der Waals surface area (Å²) in [5.41, 5.74) is 3.77. The molecule has 0 saturated heterocycles. The zero-order valence-electron chi connectivity index (χ0n) is 12.3. The van der Waals surface area contributed by atoms with Crippen molar-refractivity contribution < 1.29 is 9.59 Å². The van der Waals surface area contributed by atoms with Crippen molar-refractivity contribution >= 4 is 23.2 Å². The average Bonchev–Trinajstić information content (AvgIpc) is 2.87. The normalized spacial score (nSPS) is 12.6. The zero-order valence-corrected chi connectivity index (χ0v) is 12.3. The second-order valence-corrected chi connectivity index (χ2v) is 5.48. The number of aryl methyl sites for hydroxylation is 1. The molecule has 1 heterocycles. The summed E-state index contributed by atoms with van der Waals surface area (Å²) in [6.07, 6.45) is 2.59. The third-order valence-electron chi connectivity index (χ3n) is 3.73. The smallest absolute Gasteiger partial charge is 0.228 e. The molecular weight excluding hydrogens is 276 g/mol. The summed E-state index contributed by atoms with van der Waals surface area (Å²) in [4.78, 5) is 23.3. The van der Waals surface area contributed by atoms with Gasteiger partial charge in [-0.15, -0.1) is 0 Å². The van der Waals surface area contributed by atoms with Gasteiger partial charge >= 0.3 is 0 Å². The van der Waals surface area contributed by atoms with Crippen molar-refractivity contribution in [3.8, 4) is 0 Å². The fourth-order valence-corrected chi connectivity index (χ4v) is 2.63. The molecule has 22 heavy (non-hydrogen) atoms. The average molecular weight is 294 g/mol. The molecule has 0 bridgehead atoms. The lowest BCUT2D eigenvalue weighted by molar-refractivity contribution is -0.116. The molecular formula is C18H18N2O2. The van der Waals surface area contributed by atoms with Crippen molar-refractivity contribution in [3.05, 3.63) is 59.7 Å². The van der Waals surface area contributed by atoms with Crippen LogP contribution in [0.25, 0.3) is 0 Å². The van der Waals surface area contributed by atoms with Crippen LogP contribution in [0.15, 0.2) is 48.5 Å². The minimum Gasteiger partial charge on any atom is -0.326 e. The van der Waals surface area contributed by atoms with Gasteiger partial charge in [0.15, 0.2) is 0 Å². The highest BCUT2D eigenvalue weighted by molar-refractivity contribution is 6.00. The Morgan fingerprint density at radius 2 is 1.95 bits per heavy atom. The summed E-state index contributed by atoms with van der Waals surface area (Å²) in [6.45, 7) is 0. The first-order chi connectivity index (χ1) is 10.7. The van der Waals surface area contributed by atoms with Gasteiger partial charge in [-0.1, -0.05) is 30.3 Å². The number of amides is 2. The van der Waals surface area contributed by atoms with Crippen LogP contribution < -0.4 is 10.6 Å². The maximum atomic E-state index is 12.0. The van der Waals surface area contributed by atoms with Crippen LogP contribution in [0, 0.1) is 0 Å². The maximum Gasteiger partial charge on any atom is 0.228 e. The van der Waals surface area contributed by atoms with Gasteiger partial charge in [0.05, 0.1) is 6.42 Å². The Bertz CT molecular complexity index is 695. The molecule has 2 amide bonds. The molecule has 0 radical (unpaired) electrons. The lowest BCUT2D eigenvalue weighted by Gasteiger charge is -2.07. The molecule has 1 aliphatic rings. The van der Waals surface area contributed by atoms with Crippen LogP contribution in [-0.2, 0) is 22.4 Å². The van der Waals surface area contributed by atoms with Crippen molar-refractivity contribution in [1.29, 1.82) is 0 Å². The quantitative estimate of drug-likeness (QED) is 0.890. The van der Waals surface area contributed by atoms with Crippen molar-refractivity contribution in [2.24, 2.45) is 0 Å². The van der Waals surface area contributed by atoms with E-state index in [1.54, 1.807) is 0 Å². The number of hydrogen-bond donors (Lipinski definition) is 2. The number of anilines is 2. The van der Waals surface area contributed by atoms with Crippen molar-refractivity contribution in [1.82, 2.24) is 0 Å². The summed E-state index contributed by atoms with van der Waals surface area (Å²) in [6, 6.07) is 15.7. The molecule has 0 aromatic heterocycles. The number of rotatable bonds is 5. The second-order valence-electron chi connectivity index (χ2n) is 5.48. The monoisotopic (exact) mass is 294 g/mol. The third-order valence-corrected chi connectivity index (χ3v) is 3.73. The van der Waals surface area contributed by atoms with Crippen LogP contribution >= 0.6 is 0 Å². The van der Waals surface area contributed by atoms with E-state index in [0.29, 0.717) is 12.8 Å². The molecule has 4 heteroatoms. The Hall–Kier alpha value is -2.62. The first-order valence-corrected chi connectivity index (χ1v) is 7.47. The second kappa shape index (κ2) is 6.43. The molecule has 3 rings (SSSR count). The topological polar surface area (TPSA) is 58.2 Å². The minimum absolute atomic E-state index is 0.00124. The van der Waals surface area contributed by atoms with Crippen LogP contribution in [0.5, 0.6) is 0 Å². The number of fused-ring (bicyclic) bond motifs is 1. The Labute approximate surface area is 129 Å². The molecule has 0 unspecified atom stereocenters. The van der Waals surface area contributed by atoms with Gasteiger partial charge < -0.3 is 10.6 Å². The summed E-state index contributed by atoms with van der Waals surface area (Å²) < 4.78 is 0. The summed E-state index contributed by atoms with van der Waals surface area (Å²) in [5, 5.41) is 5.67. The van der Waals surface area contributed by atoms with Crippen LogP contribution in [0.3, 0.4) is 0 Å². The van der Waals surface area contributed by atoms with E-state index in [9.17, 15) is 9.59 Å². The zero-order chi connectivity index (χ0) is 15.4. The van der Waals surface area contributed by atoms with Crippen LogP contribution in [-0.4, -0.2) is 11.8 Å². The Morgan fingerprint density at radius 1 is 1.14 bits per heavy atom. The molecule has 0 saturated carbocycles. The van der Waals surface area contributed by atoms with Gasteiger partial charge in [-0.05, 0) is 42.2 Å². The highest BCUT2D eigenvalue weighted by Gasteiger charge is 2.17. The molecule has 0 spiro atoms. The minimum atomic E-state index is 0.00124. The molecule has 112 valence electrons. The Balaban J connectivity index is 1.50. The van der Waals surface area contributed by atoms with Gasteiger partial charge in [0, 0.05) is 17.8 Å². The van der Waals surface area contributed by atoms with Gasteiger partial charge in [-0.2, -0.15) is 0 Å². The molecule has 2 aromatic carbocycles. The summed E-state index contributed by atoms with van der Waals surface area (Å²) in [7, 11) is 0. The van der Waals surface area contributed by atoms with E-state index >= 15 is 0 Å². The van der Waals surface area contributed by atoms with Gasteiger partial charge in [-0.3, -0.25) is 9.59 Å². The molecule has 0 aliphatic carbocycles. The first-order valence-electron chi connectivity index (χ1n) is 7.47. The highest BCUT2D eigenvalue weighted by Crippen LogP contribution is 2.26. The molecule has 4 nitrogen and oxygen atoms in total. The van der Waals surface area contributed by atoms with Crippen molar-refractivity contribution in [2.45, 2.75) is 25.7 Å². The first kappa shape index (κ1) is 14.3.